The Hall–Kier alpha value is -2.76. The van der Waals surface area contributed by atoms with Crippen molar-refractivity contribution in [2.45, 2.75) is 56.0 Å². The Morgan fingerprint density at radius 3 is 2.42 bits per heavy atom. The van der Waals surface area contributed by atoms with Gasteiger partial charge in [0, 0.05) is 24.2 Å². The topological polar surface area (TPSA) is 130 Å². The maximum Gasteiger partial charge on any atom is 0.269 e. The molecule has 2 N–H and O–H groups in total. The van der Waals surface area contributed by atoms with E-state index in [2.05, 4.69) is 10.0 Å². The molecule has 33 heavy (non-hydrogen) atoms. The smallest absolute Gasteiger partial charge is 0.269 e. The highest BCUT2D eigenvalue weighted by atomic mass is 32.2. The molecule has 2 aromatic rings. The van der Waals surface area contributed by atoms with Gasteiger partial charge < -0.3 is 5.32 Å². The maximum atomic E-state index is 12.8. The fraction of sp³-hybridized carbons (Fsp3) is 0.364. The first-order valence-electron chi connectivity index (χ1n) is 10.6. The molecule has 1 aliphatic heterocycles. The number of hydrogen-bond acceptors (Lipinski definition) is 6. The second-order valence-electron chi connectivity index (χ2n) is 8.53. The molecule has 1 aliphatic carbocycles. The molecule has 0 unspecified atom stereocenters. The van der Waals surface area contributed by atoms with E-state index >= 15 is 0 Å². The zero-order chi connectivity index (χ0) is 24.0. The third kappa shape index (κ3) is 4.80. The molecule has 0 radical (unpaired) electrons. The molecule has 0 atom stereocenters. The Morgan fingerprint density at radius 2 is 1.79 bits per heavy atom. The molecule has 2 aliphatic rings. The van der Waals surface area contributed by atoms with Gasteiger partial charge in [-0.15, -0.1) is 0 Å². The lowest BCUT2D eigenvalue weighted by Crippen LogP contribution is -2.32. The first kappa shape index (κ1) is 23.4. The van der Waals surface area contributed by atoms with E-state index in [1.54, 1.807) is 38.1 Å². The van der Waals surface area contributed by atoms with Crippen molar-refractivity contribution in [3.05, 3.63) is 64.7 Å². The number of sulfonamides is 2. The molecule has 1 fully saturated rings. The van der Waals surface area contributed by atoms with Gasteiger partial charge in [0.15, 0.2) is 0 Å². The van der Waals surface area contributed by atoms with E-state index in [-0.39, 0.29) is 40.4 Å². The number of fused-ring (bicyclic) bond motifs is 1. The summed E-state index contributed by atoms with van der Waals surface area (Å²) in [6.45, 7) is 3.53. The number of carbonyl (C=O) groups excluding carboxylic acids is 2. The van der Waals surface area contributed by atoms with Crippen LogP contribution in [0.4, 0.5) is 0 Å². The van der Waals surface area contributed by atoms with Crippen LogP contribution in [-0.2, 0) is 32.3 Å². The molecule has 0 spiro atoms. The first-order valence-corrected chi connectivity index (χ1v) is 13.7. The number of carbonyl (C=O) groups is 2. The third-order valence-corrected chi connectivity index (χ3v) is 8.81. The van der Waals surface area contributed by atoms with Crippen LogP contribution in [0.5, 0.6) is 0 Å². The normalized spacial score (nSPS) is 17.3. The molecule has 2 aromatic carbocycles. The van der Waals surface area contributed by atoms with Gasteiger partial charge in [0.25, 0.3) is 21.8 Å². The number of nitrogens with zero attached hydrogens (tertiary/aromatic N) is 1. The molecule has 176 valence electrons. The van der Waals surface area contributed by atoms with Gasteiger partial charge in [-0.05, 0) is 56.0 Å². The number of hydrogen-bond donors (Lipinski definition) is 2. The van der Waals surface area contributed by atoms with Crippen LogP contribution in [0.2, 0.25) is 0 Å². The Morgan fingerprint density at radius 1 is 1.12 bits per heavy atom. The largest absolute Gasteiger partial charge is 0.348 e. The third-order valence-electron chi connectivity index (χ3n) is 5.41. The second-order valence-corrected chi connectivity index (χ2v) is 12.1. The fourth-order valence-corrected chi connectivity index (χ4v) is 7.15. The van der Waals surface area contributed by atoms with Gasteiger partial charge in [-0.25, -0.2) is 25.9 Å². The van der Waals surface area contributed by atoms with Gasteiger partial charge in [0.1, 0.15) is 4.90 Å². The molecule has 0 saturated heterocycles. The highest BCUT2D eigenvalue weighted by molar-refractivity contribution is 7.90. The van der Waals surface area contributed by atoms with E-state index in [1.165, 1.54) is 18.2 Å². The summed E-state index contributed by atoms with van der Waals surface area (Å²) in [4.78, 5) is 25.1. The molecule has 1 heterocycles. The van der Waals surface area contributed by atoms with E-state index in [0.717, 1.165) is 4.31 Å². The molecule has 11 heteroatoms. The quantitative estimate of drug-likeness (QED) is 0.579. The predicted molar refractivity (Wildman–Crippen MR) is 121 cm³/mol. The predicted octanol–water partition coefficient (Wildman–Crippen LogP) is 1.75. The van der Waals surface area contributed by atoms with Gasteiger partial charge in [-0.3, -0.25) is 9.59 Å². The number of rotatable bonds is 8. The van der Waals surface area contributed by atoms with Crippen LogP contribution in [-0.4, -0.2) is 45.0 Å². The lowest BCUT2D eigenvalue weighted by Gasteiger charge is -2.14. The van der Waals surface area contributed by atoms with E-state index in [0.29, 0.717) is 24.0 Å². The van der Waals surface area contributed by atoms with Gasteiger partial charge in [0.2, 0.25) is 10.0 Å². The van der Waals surface area contributed by atoms with Gasteiger partial charge >= 0.3 is 0 Å². The van der Waals surface area contributed by atoms with Crippen LogP contribution in [0.15, 0.2) is 47.4 Å². The Labute approximate surface area is 193 Å². The Kier molecular flexibility index (Phi) is 6.06. The summed E-state index contributed by atoms with van der Waals surface area (Å²) in [5.41, 5.74) is 1.36. The molecule has 1 saturated carbocycles. The van der Waals surface area contributed by atoms with Crippen LogP contribution in [0, 0.1) is 0 Å². The van der Waals surface area contributed by atoms with Crippen molar-refractivity contribution in [1.82, 2.24) is 14.3 Å². The minimum Gasteiger partial charge on any atom is -0.348 e. The van der Waals surface area contributed by atoms with Crippen molar-refractivity contribution in [3.8, 4) is 0 Å². The van der Waals surface area contributed by atoms with Crippen molar-refractivity contribution in [3.63, 3.8) is 0 Å². The molecule has 9 nitrogen and oxygen atoms in total. The Balaban J connectivity index is 1.50. The molecule has 0 bridgehead atoms. The van der Waals surface area contributed by atoms with Crippen molar-refractivity contribution in [2.75, 3.05) is 0 Å². The molecular formula is C22H25N3O6S2. The highest BCUT2D eigenvalue weighted by Gasteiger charge is 2.48. The SMILES string of the molecule is CC(C)NS(=O)(=O)Cc1ccccc1CNC(=O)c1ccc2c(c1)S(=O)(=O)N(C1CC1)C2=O. The van der Waals surface area contributed by atoms with Crippen LogP contribution >= 0.6 is 0 Å². The van der Waals surface area contributed by atoms with Crippen LogP contribution in [0.3, 0.4) is 0 Å². The van der Waals surface area contributed by atoms with Crippen molar-refractivity contribution in [1.29, 1.82) is 0 Å². The van der Waals surface area contributed by atoms with Gasteiger partial charge in [-0.1, -0.05) is 24.3 Å². The second kappa shape index (κ2) is 8.54. The lowest BCUT2D eigenvalue weighted by atomic mass is 10.1. The van der Waals surface area contributed by atoms with E-state index in [9.17, 15) is 26.4 Å². The van der Waals surface area contributed by atoms with E-state index < -0.39 is 31.9 Å². The van der Waals surface area contributed by atoms with Crippen molar-refractivity contribution >= 4 is 31.9 Å². The molecule has 0 aromatic heterocycles. The van der Waals surface area contributed by atoms with Gasteiger partial charge in [-0.2, -0.15) is 0 Å². The van der Waals surface area contributed by atoms with Crippen LogP contribution in [0.1, 0.15) is 58.5 Å². The van der Waals surface area contributed by atoms with Crippen molar-refractivity contribution in [2.24, 2.45) is 0 Å². The van der Waals surface area contributed by atoms with E-state index in [4.69, 9.17) is 0 Å². The monoisotopic (exact) mass is 491 g/mol. The number of amides is 2. The maximum absolute atomic E-state index is 12.8. The van der Waals surface area contributed by atoms with Gasteiger partial charge in [0.05, 0.1) is 11.3 Å². The average molecular weight is 492 g/mol. The minimum absolute atomic E-state index is 0.0587. The lowest BCUT2D eigenvalue weighted by molar-refractivity contribution is 0.0863. The average Bonchev–Trinajstić information content (AvgIpc) is 3.53. The summed E-state index contributed by atoms with van der Waals surface area (Å²) in [6, 6.07) is 10.3. The number of benzene rings is 2. The standard InChI is InChI=1S/C22H25N3O6S2/c1-14(2)24-32(28,29)13-17-6-4-3-5-16(17)12-23-21(26)15-7-10-19-20(11-15)33(30,31)25(22(19)27)18-8-9-18/h3-7,10-11,14,18,24H,8-9,12-13H2,1-2H3,(H,23,26). The summed E-state index contributed by atoms with van der Waals surface area (Å²) in [5.74, 6) is -1.30. The highest BCUT2D eigenvalue weighted by Crippen LogP contribution is 2.39. The van der Waals surface area contributed by atoms with E-state index in [1.807, 2.05) is 0 Å². The molecular weight excluding hydrogens is 466 g/mol. The molecule has 2 amide bonds. The minimum atomic E-state index is -3.96. The summed E-state index contributed by atoms with van der Waals surface area (Å²) in [6.07, 6.45) is 1.29. The fourth-order valence-electron chi connectivity index (χ4n) is 3.81. The van der Waals surface area contributed by atoms with Crippen molar-refractivity contribution < 1.29 is 26.4 Å². The zero-order valence-corrected chi connectivity index (χ0v) is 19.9. The summed E-state index contributed by atoms with van der Waals surface area (Å²) >= 11 is 0. The van der Waals surface area contributed by atoms with Crippen LogP contribution < -0.4 is 10.0 Å². The first-order chi connectivity index (χ1) is 15.5. The molecule has 4 rings (SSSR count). The number of nitrogens with one attached hydrogen (secondary N) is 2. The summed E-state index contributed by atoms with van der Waals surface area (Å²) in [5, 5.41) is 2.71. The van der Waals surface area contributed by atoms with Crippen LogP contribution in [0.25, 0.3) is 0 Å². The summed E-state index contributed by atoms with van der Waals surface area (Å²) < 4.78 is 53.7. The Bertz CT molecular complexity index is 1330. The summed E-state index contributed by atoms with van der Waals surface area (Å²) in [7, 11) is -7.51. The zero-order valence-electron chi connectivity index (χ0n) is 18.2.